The van der Waals surface area contributed by atoms with Gasteiger partial charge < -0.3 is 29.6 Å². The Morgan fingerprint density at radius 1 is 1.17 bits per heavy atom. The molecule has 3 aromatic heterocycles. The molecule has 0 radical (unpaired) electrons. The maximum absolute atomic E-state index is 11.5. The number of nitrogens with two attached hydrogens (primary N) is 1. The number of aryl methyl sites for hydroxylation is 2. The fourth-order valence-electron chi connectivity index (χ4n) is 5.53. The molecule has 0 saturated heterocycles. The van der Waals surface area contributed by atoms with E-state index in [0.717, 1.165) is 57.8 Å². The molecule has 0 amide bonds. The average Bonchev–Trinajstić information content (AvgIpc) is 3.44. The molecule has 3 N–H and O–H groups in total. The van der Waals surface area contributed by atoms with Crippen LogP contribution < -0.4 is 15.4 Å². The first-order chi connectivity index (χ1) is 17.5. The van der Waals surface area contributed by atoms with E-state index in [4.69, 9.17) is 15.5 Å². The first kappa shape index (κ1) is 22.6. The Balaban J connectivity index is 1.49. The number of aliphatic hydroxyl groups excluding tert-OH is 1. The number of aromatic nitrogens is 4. The summed E-state index contributed by atoms with van der Waals surface area (Å²) < 4.78 is 10.0. The van der Waals surface area contributed by atoms with Crippen molar-refractivity contribution in [3.05, 3.63) is 71.9 Å². The van der Waals surface area contributed by atoms with Gasteiger partial charge in [0.2, 0.25) is 0 Å². The fourth-order valence-corrected chi connectivity index (χ4v) is 5.53. The quantitative estimate of drug-likeness (QED) is 0.393. The Labute approximate surface area is 209 Å². The summed E-state index contributed by atoms with van der Waals surface area (Å²) in [6.07, 6.45) is 1.73. The second kappa shape index (κ2) is 8.65. The number of para-hydroxylation sites is 1. The summed E-state index contributed by atoms with van der Waals surface area (Å²) in [6.45, 7) is 3.45. The molecule has 0 aliphatic carbocycles. The predicted octanol–water partition coefficient (Wildman–Crippen LogP) is 4.00. The standard InChI is InChI=1S/C28H30N6O2/c1-4-33-23(14-18-9-7-11-30-26(18)33)27-31-21-13-19(15-24(36-3)25(21)32(27)2)28(35)34-16-20(29)12-17-8-5-6-10-22(17)34/h5-11,13-15,20,28,35H,4,12,16,29H2,1-3H3. The first-order valence-electron chi connectivity index (χ1n) is 12.3. The number of methoxy groups -OCH3 is 1. The van der Waals surface area contributed by atoms with Crippen molar-refractivity contribution in [2.45, 2.75) is 32.2 Å². The SMILES string of the molecule is CCn1c(-c2nc3cc(C(O)N4CC(N)Cc5ccccc54)cc(OC)c3n2C)cc2cccnc21. The third-order valence-electron chi connectivity index (χ3n) is 7.19. The lowest BCUT2D eigenvalue weighted by Crippen LogP contribution is -2.45. The topological polar surface area (TPSA) is 94.4 Å². The third kappa shape index (κ3) is 3.44. The molecule has 8 heteroatoms. The zero-order chi connectivity index (χ0) is 25.0. The number of nitrogens with zero attached hydrogens (tertiary/aromatic N) is 5. The second-order valence-electron chi connectivity index (χ2n) is 9.39. The molecule has 184 valence electrons. The maximum Gasteiger partial charge on any atom is 0.157 e. The minimum absolute atomic E-state index is 0.0498. The van der Waals surface area contributed by atoms with Gasteiger partial charge in [-0.3, -0.25) is 0 Å². The van der Waals surface area contributed by atoms with Crippen LogP contribution in [-0.2, 0) is 20.0 Å². The first-order valence-corrected chi connectivity index (χ1v) is 12.3. The number of fused-ring (bicyclic) bond motifs is 3. The number of imidazole rings is 1. The minimum atomic E-state index is -0.882. The van der Waals surface area contributed by atoms with Crippen LogP contribution in [0.4, 0.5) is 5.69 Å². The summed E-state index contributed by atoms with van der Waals surface area (Å²) in [4.78, 5) is 11.6. The van der Waals surface area contributed by atoms with E-state index in [1.54, 1.807) is 7.11 Å². The van der Waals surface area contributed by atoms with Gasteiger partial charge in [0.05, 0.1) is 18.3 Å². The molecule has 6 rings (SSSR count). The van der Waals surface area contributed by atoms with Crippen molar-refractivity contribution >= 4 is 27.8 Å². The molecule has 4 heterocycles. The third-order valence-corrected chi connectivity index (χ3v) is 7.19. The molecule has 36 heavy (non-hydrogen) atoms. The van der Waals surface area contributed by atoms with E-state index in [2.05, 4.69) is 39.2 Å². The van der Waals surface area contributed by atoms with E-state index in [1.165, 1.54) is 0 Å². The van der Waals surface area contributed by atoms with Crippen LogP contribution in [0.1, 0.15) is 24.3 Å². The zero-order valence-corrected chi connectivity index (χ0v) is 20.7. The van der Waals surface area contributed by atoms with Gasteiger partial charge in [0.15, 0.2) is 12.1 Å². The van der Waals surface area contributed by atoms with Gasteiger partial charge >= 0.3 is 0 Å². The van der Waals surface area contributed by atoms with Crippen molar-refractivity contribution in [3.63, 3.8) is 0 Å². The van der Waals surface area contributed by atoms with E-state index in [9.17, 15) is 5.11 Å². The Kier molecular flexibility index (Phi) is 5.43. The molecule has 2 aromatic carbocycles. The van der Waals surface area contributed by atoms with Crippen LogP contribution in [0.15, 0.2) is 60.8 Å². The number of benzene rings is 2. The van der Waals surface area contributed by atoms with Gasteiger partial charge in [0.25, 0.3) is 0 Å². The number of hydrogen-bond acceptors (Lipinski definition) is 6. The van der Waals surface area contributed by atoms with Crippen LogP contribution in [0.5, 0.6) is 5.75 Å². The molecule has 5 aromatic rings. The average molecular weight is 483 g/mol. The van der Waals surface area contributed by atoms with Crippen LogP contribution >= 0.6 is 0 Å². The van der Waals surface area contributed by atoms with Crippen LogP contribution in [0.2, 0.25) is 0 Å². The highest BCUT2D eigenvalue weighted by atomic mass is 16.5. The zero-order valence-electron chi connectivity index (χ0n) is 20.7. The van der Waals surface area contributed by atoms with Gasteiger partial charge in [0.1, 0.15) is 16.9 Å². The van der Waals surface area contributed by atoms with E-state index in [0.29, 0.717) is 17.9 Å². The molecule has 0 spiro atoms. The predicted molar refractivity (Wildman–Crippen MR) is 142 cm³/mol. The van der Waals surface area contributed by atoms with Crippen molar-refractivity contribution in [2.75, 3.05) is 18.6 Å². The molecule has 2 atom stereocenters. The lowest BCUT2D eigenvalue weighted by atomic mass is 9.97. The monoisotopic (exact) mass is 482 g/mol. The summed E-state index contributed by atoms with van der Waals surface area (Å²) in [7, 11) is 3.64. The van der Waals surface area contributed by atoms with E-state index in [-0.39, 0.29) is 6.04 Å². The van der Waals surface area contributed by atoms with E-state index in [1.807, 2.05) is 54.5 Å². The Hall–Kier alpha value is -3.88. The lowest BCUT2D eigenvalue weighted by molar-refractivity contribution is 0.167. The molecule has 8 nitrogen and oxygen atoms in total. The molecule has 1 aliphatic rings. The Morgan fingerprint density at radius 3 is 2.81 bits per heavy atom. The number of aliphatic hydroxyl groups is 1. The largest absolute Gasteiger partial charge is 0.494 e. The van der Waals surface area contributed by atoms with Gasteiger partial charge in [0, 0.05) is 49.0 Å². The van der Waals surface area contributed by atoms with Crippen LogP contribution in [-0.4, -0.2) is 43.9 Å². The van der Waals surface area contributed by atoms with E-state index >= 15 is 0 Å². The van der Waals surface area contributed by atoms with Crippen molar-refractivity contribution in [2.24, 2.45) is 12.8 Å². The number of ether oxygens (including phenoxy) is 1. The lowest BCUT2D eigenvalue weighted by Gasteiger charge is -2.38. The summed E-state index contributed by atoms with van der Waals surface area (Å²) in [5, 5.41) is 12.6. The highest BCUT2D eigenvalue weighted by Crippen LogP contribution is 2.38. The van der Waals surface area contributed by atoms with Crippen LogP contribution in [0.3, 0.4) is 0 Å². The number of rotatable bonds is 5. The summed E-state index contributed by atoms with van der Waals surface area (Å²) >= 11 is 0. The van der Waals surface area contributed by atoms with Crippen molar-refractivity contribution in [1.29, 1.82) is 0 Å². The molecule has 2 unspecified atom stereocenters. The van der Waals surface area contributed by atoms with Gasteiger partial charge in [-0.25, -0.2) is 9.97 Å². The molecular weight excluding hydrogens is 452 g/mol. The highest BCUT2D eigenvalue weighted by Gasteiger charge is 2.29. The molecule has 0 fully saturated rings. The fraction of sp³-hybridized carbons (Fsp3) is 0.286. The van der Waals surface area contributed by atoms with Crippen molar-refractivity contribution in [3.8, 4) is 17.3 Å². The maximum atomic E-state index is 11.5. The van der Waals surface area contributed by atoms with Crippen molar-refractivity contribution < 1.29 is 9.84 Å². The molecule has 0 saturated carbocycles. The summed E-state index contributed by atoms with van der Waals surface area (Å²) in [5.41, 5.74) is 12.8. The Morgan fingerprint density at radius 2 is 2.00 bits per heavy atom. The molecule has 0 bridgehead atoms. The summed E-state index contributed by atoms with van der Waals surface area (Å²) in [5.74, 6) is 1.48. The minimum Gasteiger partial charge on any atom is -0.494 e. The van der Waals surface area contributed by atoms with Crippen molar-refractivity contribution in [1.82, 2.24) is 19.1 Å². The number of hydrogen-bond donors (Lipinski definition) is 2. The Bertz CT molecular complexity index is 1590. The highest BCUT2D eigenvalue weighted by molar-refractivity contribution is 5.89. The van der Waals surface area contributed by atoms with Gasteiger partial charge in [-0.1, -0.05) is 18.2 Å². The number of pyridine rings is 1. The molecule has 1 aliphatic heterocycles. The second-order valence-corrected chi connectivity index (χ2v) is 9.39. The van der Waals surface area contributed by atoms with E-state index < -0.39 is 6.23 Å². The van der Waals surface area contributed by atoms with Crippen LogP contribution in [0.25, 0.3) is 33.6 Å². The number of anilines is 1. The smallest absolute Gasteiger partial charge is 0.157 e. The summed E-state index contributed by atoms with van der Waals surface area (Å²) in [6, 6.07) is 18.1. The van der Waals surface area contributed by atoms with Crippen LogP contribution in [0, 0.1) is 0 Å². The molecular formula is C28H30N6O2. The van der Waals surface area contributed by atoms with Gasteiger partial charge in [-0.05, 0) is 55.3 Å². The normalized spacial score (nSPS) is 16.5. The van der Waals surface area contributed by atoms with Gasteiger partial charge in [-0.15, -0.1) is 0 Å². The van der Waals surface area contributed by atoms with Gasteiger partial charge in [-0.2, -0.15) is 0 Å².